The molecular formula is C20H25N5O. The first-order valence-electron chi connectivity index (χ1n) is 9.40. The molecule has 136 valence electrons. The van der Waals surface area contributed by atoms with Crippen LogP contribution in [0.4, 0.5) is 17.5 Å². The van der Waals surface area contributed by atoms with Crippen molar-refractivity contribution in [3.63, 3.8) is 0 Å². The summed E-state index contributed by atoms with van der Waals surface area (Å²) in [5, 5.41) is 6.40. The molecule has 1 saturated carbocycles. The van der Waals surface area contributed by atoms with Crippen molar-refractivity contribution in [2.24, 2.45) is 5.92 Å². The molecule has 26 heavy (non-hydrogen) atoms. The number of hydrogen-bond donors (Lipinski definition) is 2. The van der Waals surface area contributed by atoms with Crippen molar-refractivity contribution in [1.82, 2.24) is 15.3 Å². The van der Waals surface area contributed by atoms with Crippen LogP contribution in [0.5, 0.6) is 0 Å². The predicted molar refractivity (Wildman–Crippen MR) is 103 cm³/mol. The molecule has 2 heterocycles. The summed E-state index contributed by atoms with van der Waals surface area (Å²) in [6.07, 6.45) is 6.07. The zero-order valence-electron chi connectivity index (χ0n) is 15.1. The van der Waals surface area contributed by atoms with Gasteiger partial charge in [0, 0.05) is 25.0 Å². The standard InChI is InChI=1S/C20H25N5O/c1-14-4-8-16(9-5-14)23-18-10-11-21-20(24-18)25-12-2-3-17(25)19(26)22-13-15-6-7-15/h4-5,8-11,15,17H,2-3,6-7,12-13H2,1H3,(H,22,26)(H,21,23,24). The van der Waals surface area contributed by atoms with Crippen molar-refractivity contribution in [2.45, 2.75) is 38.6 Å². The van der Waals surface area contributed by atoms with Gasteiger partial charge in [-0.1, -0.05) is 17.7 Å². The molecule has 0 radical (unpaired) electrons. The summed E-state index contributed by atoms with van der Waals surface area (Å²) in [5.74, 6) is 2.15. The van der Waals surface area contributed by atoms with E-state index in [0.29, 0.717) is 11.9 Å². The Hall–Kier alpha value is -2.63. The van der Waals surface area contributed by atoms with E-state index < -0.39 is 0 Å². The first-order valence-corrected chi connectivity index (χ1v) is 9.40. The molecule has 6 nitrogen and oxygen atoms in total. The third-order valence-electron chi connectivity index (χ3n) is 5.04. The fourth-order valence-electron chi connectivity index (χ4n) is 3.30. The number of rotatable bonds is 6. The number of carbonyl (C=O) groups is 1. The summed E-state index contributed by atoms with van der Waals surface area (Å²) in [7, 11) is 0. The molecule has 0 bridgehead atoms. The monoisotopic (exact) mass is 351 g/mol. The number of nitrogens with zero attached hydrogens (tertiary/aromatic N) is 3. The summed E-state index contributed by atoms with van der Waals surface area (Å²) < 4.78 is 0. The average Bonchev–Trinajstić information content (AvgIpc) is 3.35. The third-order valence-corrected chi connectivity index (χ3v) is 5.04. The molecule has 1 atom stereocenters. The molecular weight excluding hydrogens is 326 g/mol. The summed E-state index contributed by atoms with van der Waals surface area (Å²) in [4.78, 5) is 23.6. The highest BCUT2D eigenvalue weighted by atomic mass is 16.2. The lowest BCUT2D eigenvalue weighted by atomic mass is 10.2. The normalized spacial score (nSPS) is 19.4. The second-order valence-electron chi connectivity index (χ2n) is 7.27. The van der Waals surface area contributed by atoms with Gasteiger partial charge < -0.3 is 15.5 Å². The van der Waals surface area contributed by atoms with Crippen LogP contribution in [0.25, 0.3) is 0 Å². The van der Waals surface area contributed by atoms with Crippen LogP contribution in [0.2, 0.25) is 0 Å². The highest BCUT2D eigenvalue weighted by Crippen LogP contribution is 2.28. The van der Waals surface area contributed by atoms with Crippen LogP contribution in [0.3, 0.4) is 0 Å². The second-order valence-corrected chi connectivity index (χ2v) is 7.27. The molecule has 2 aromatic rings. The second kappa shape index (κ2) is 7.32. The largest absolute Gasteiger partial charge is 0.354 e. The minimum absolute atomic E-state index is 0.106. The van der Waals surface area contributed by atoms with Gasteiger partial charge in [-0.05, 0) is 56.7 Å². The van der Waals surface area contributed by atoms with Crippen molar-refractivity contribution >= 4 is 23.4 Å². The number of carbonyl (C=O) groups excluding carboxylic acids is 1. The molecule has 1 aromatic carbocycles. The fourth-order valence-corrected chi connectivity index (χ4v) is 3.30. The maximum Gasteiger partial charge on any atom is 0.242 e. The van der Waals surface area contributed by atoms with Crippen molar-refractivity contribution in [1.29, 1.82) is 0 Å². The predicted octanol–water partition coefficient (Wildman–Crippen LogP) is 3.02. The van der Waals surface area contributed by atoms with Crippen LogP contribution < -0.4 is 15.5 Å². The maximum atomic E-state index is 12.5. The van der Waals surface area contributed by atoms with E-state index in [9.17, 15) is 4.79 Å². The zero-order chi connectivity index (χ0) is 17.9. The van der Waals surface area contributed by atoms with Crippen molar-refractivity contribution in [3.8, 4) is 0 Å². The van der Waals surface area contributed by atoms with Crippen LogP contribution in [0.1, 0.15) is 31.2 Å². The number of nitrogens with one attached hydrogen (secondary N) is 2. The van der Waals surface area contributed by atoms with Crippen LogP contribution in [0, 0.1) is 12.8 Å². The van der Waals surface area contributed by atoms with E-state index in [2.05, 4.69) is 39.7 Å². The molecule has 6 heteroatoms. The van der Waals surface area contributed by atoms with E-state index in [0.717, 1.165) is 37.4 Å². The number of hydrogen-bond acceptors (Lipinski definition) is 5. The molecule has 1 aliphatic carbocycles. The SMILES string of the molecule is Cc1ccc(Nc2ccnc(N3CCCC3C(=O)NCC3CC3)n2)cc1. The number of aromatic nitrogens is 2. The number of anilines is 3. The van der Waals surface area contributed by atoms with E-state index in [1.165, 1.54) is 18.4 Å². The molecule has 2 fully saturated rings. The molecule has 1 unspecified atom stereocenters. The molecule has 1 aromatic heterocycles. The minimum atomic E-state index is -0.164. The Morgan fingerprint density at radius 3 is 2.77 bits per heavy atom. The maximum absolute atomic E-state index is 12.5. The lowest BCUT2D eigenvalue weighted by molar-refractivity contribution is -0.122. The molecule has 4 rings (SSSR count). The topological polar surface area (TPSA) is 70.2 Å². The van der Waals surface area contributed by atoms with E-state index >= 15 is 0 Å². The van der Waals surface area contributed by atoms with Crippen molar-refractivity contribution < 1.29 is 4.79 Å². The average molecular weight is 351 g/mol. The zero-order valence-corrected chi connectivity index (χ0v) is 15.1. The van der Waals surface area contributed by atoms with Gasteiger partial charge >= 0.3 is 0 Å². The van der Waals surface area contributed by atoms with Gasteiger partial charge in [-0.15, -0.1) is 0 Å². The van der Waals surface area contributed by atoms with Gasteiger partial charge in [0.1, 0.15) is 11.9 Å². The Balaban J connectivity index is 1.45. The Labute approximate surface area is 154 Å². The number of amides is 1. The molecule has 1 aliphatic heterocycles. The van der Waals surface area contributed by atoms with Gasteiger partial charge in [0.2, 0.25) is 11.9 Å². The Morgan fingerprint density at radius 2 is 2.00 bits per heavy atom. The lowest BCUT2D eigenvalue weighted by Crippen LogP contribution is -2.44. The lowest BCUT2D eigenvalue weighted by Gasteiger charge is -2.24. The van der Waals surface area contributed by atoms with Gasteiger partial charge in [-0.3, -0.25) is 4.79 Å². The summed E-state index contributed by atoms with van der Waals surface area (Å²) in [6, 6.07) is 9.86. The van der Waals surface area contributed by atoms with Gasteiger partial charge in [-0.25, -0.2) is 4.98 Å². The molecule has 1 saturated heterocycles. The number of aryl methyl sites for hydroxylation is 1. The first-order chi connectivity index (χ1) is 12.7. The summed E-state index contributed by atoms with van der Waals surface area (Å²) >= 11 is 0. The van der Waals surface area contributed by atoms with E-state index in [1.807, 2.05) is 23.1 Å². The van der Waals surface area contributed by atoms with Gasteiger partial charge in [0.05, 0.1) is 0 Å². The molecule has 2 N–H and O–H groups in total. The van der Waals surface area contributed by atoms with Crippen LogP contribution in [-0.4, -0.2) is 35.0 Å². The van der Waals surface area contributed by atoms with Gasteiger partial charge in [0.25, 0.3) is 0 Å². The highest BCUT2D eigenvalue weighted by molar-refractivity contribution is 5.85. The Kier molecular flexibility index (Phi) is 4.73. The molecule has 2 aliphatic rings. The van der Waals surface area contributed by atoms with Gasteiger partial charge in [-0.2, -0.15) is 4.98 Å². The van der Waals surface area contributed by atoms with Crippen molar-refractivity contribution in [3.05, 3.63) is 42.1 Å². The Bertz CT molecular complexity index is 772. The summed E-state index contributed by atoms with van der Waals surface area (Å²) in [6.45, 7) is 3.68. The van der Waals surface area contributed by atoms with E-state index in [-0.39, 0.29) is 11.9 Å². The van der Waals surface area contributed by atoms with Crippen LogP contribution in [-0.2, 0) is 4.79 Å². The highest BCUT2D eigenvalue weighted by Gasteiger charge is 2.33. The smallest absolute Gasteiger partial charge is 0.242 e. The van der Waals surface area contributed by atoms with Crippen LogP contribution in [0.15, 0.2) is 36.5 Å². The van der Waals surface area contributed by atoms with Gasteiger partial charge in [0.15, 0.2) is 0 Å². The first kappa shape index (κ1) is 16.8. The Morgan fingerprint density at radius 1 is 1.19 bits per heavy atom. The van der Waals surface area contributed by atoms with Crippen LogP contribution >= 0.6 is 0 Å². The third kappa shape index (κ3) is 3.95. The number of benzene rings is 1. The van der Waals surface area contributed by atoms with Crippen molar-refractivity contribution in [2.75, 3.05) is 23.3 Å². The minimum Gasteiger partial charge on any atom is -0.354 e. The fraction of sp³-hybridized carbons (Fsp3) is 0.450. The quantitative estimate of drug-likeness (QED) is 0.837. The molecule has 0 spiro atoms. The molecule has 1 amide bonds. The van der Waals surface area contributed by atoms with E-state index in [4.69, 9.17) is 0 Å². The van der Waals surface area contributed by atoms with E-state index in [1.54, 1.807) is 6.20 Å². The summed E-state index contributed by atoms with van der Waals surface area (Å²) in [5.41, 5.74) is 2.21.